The molecule has 6 atom stereocenters. The van der Waals surface area contributed by atoms with Gasteiger partial charge in [0.1, 0.15) is 18.3 Å². The van der Waals surface area contributed by atoms with Crippen LogP contribution in [0.3, 0.4) is 0 Å². The molecule has 0 aromatic heterocycles. The van der Waals surface area contributed by atoms with Crippen molar-refractivity contribution in [2.45, 2.75) is 82.7 Å². The highest BCUT2D eigenvalue weighted by atomic mass is 16.7. The van der Waals surface area contributed by atoms with Crippen LogP contribution >= 0.6 is 0 Å². The van der Waals surface area contributed by atoms with Gasteiger partial charge in [-0.2, -0.15) is 0 Å². The fraction of sp³-hybridized carbons (Fsp3) is 0.889. The lowest BCUT2D eigenvalue weighted by molar-refractivity contribution is -0.256. The standard InChI is InChI=1S/C18H31NO8/c1-3-11(2)26-18(24)19-8-5-4-6-12(19)7-9-25-17-16(23)15(22)14(21)13(10-20)27-17/h11-14,16-17,20-21,23H,3-10H2,1-2H3/t11?,12?,13-,14-,16-,17-/m1/s1. The zero-order chi connectivity index (χ0) is 20.0. The number of nitrogens with zero attached hydrogens (tertiary/aromatic N) is 1. The number of rotatable bonds is 7. The van der Waals surface area contributed by atoms with E-state index in [0.29, 0.717) is 13.0 Å². The third-order valence-electron chi connectivity index (χ3n) is 5.15. The minimum Gasteiger partial charge on any atom is -0.446 e. The average Bonchev–Trinajstić information content (AvgIpc) is 2.68. The summed E-state index contributed by atoms with van der Waals surface area (Å²) >= 11 is 0. The fourth-order valence-electron chi connectivity index (χ4n) is 3.27. The van der Waals surface area contributed by atoms with Gasteiger partial charge in [-0.05, 0) is 39.0 Å². The van der Waals surface area contributed by atoms with Crippen molar-refractivity contribution in [2.75, 3.05) is 19.8 Å². The summed E-state index contributed by atoms with van der Waals surface area (Å²) in [4.78, 5) is 25.9. The van der Waals surface area contributed by atoms with Gasteiger partial charge in [-0.3, -0.25) is 4.79 Å². The number of aliphatic hydroxyl groups excluding tert-OH is 3. The number of hydrogen-bond donors (Lipinski definition) is 3. The Hall–Kier alpha value is -1.26. The first-order valence-corrected chi connectivity index (χ1v) is 9.64. The molecule has 0 bridgehead atoms. The molecule has 0 spiro atoms. The van der Waals surface area contributed by atoms with E-state index in [9.17, 15) is 19.8 Å². The molecule has 0 radical (unpaired) electrons. The Morgan fingerprint density at radius 2 is 2.07 bits per heavy atom. The molecule has 2 saturated heterocycles. The molecule has 9 heteroatoms. The van der Waals surface area contributed by atoms with Crippen LogP contribution in [0.2, 0.25) is 0 Å². The SMILES string of the molecule is CCC(C)OC(=O)N1CCCCC1CCO[C@@H]1O[C@H](CO)[C@@H](O)C(=O)[C@H]1O. The van der Waals surface area contributed by atoms with Crippen LogP contribution in [0, 0.1) is 0 Å². The molecule has 2 aliphatic rings. The van der Waals surface area contributed by atoms with E-state index in [1.165, 1.54) is 0 Å². The minimum absolute atomic E-state index is 0.0500. The van der Waals surface area contributed by atoms with Crippen molar-refractivity contribution < 1.29 is 39.1 Å². The van der Waals surface area contributed by atoms with Crippen LogP contribution in [0.1, 0.15) is 46.0 Å². The van der Waals surface area contributed by atoms with Gasteiger partial charge in [0.2, 0.25) is 0 Å². The minimum atomic E-state index is -1.61. The summed E-state index contributed by atoms with van der Waals surface area (Å²) < 4.78 is 16.2. The number of hydrogen-bond acceptors (Lipinski definition) is 8. The summed E-state index contributed by atoms with van der Waals surface area (Å²) in [6.45, 7) is 4.02. The lowest BCUT2D eigenvalue weighted by Gasteiger charge is -2.37. The first-order valence-electron chi connectivity index (χ1n) is 9.64. The number of carbonyl (C=O) groups excluding carboxylic acids is 2. The third-order valence-corrected chi connectivity index (χ3v) is 5.15. The number of aliphatic hydroxyl groups is 3. The van der Waals surface area contributed by atoms with Crippen molar-refractivity contribution in [3.05, 3.63) is 0 Å². The first-order chi connectivity index (χ1) is 12.9. The van der Waals surface area contributed by atoms with Crippen LogP contribution in [-0.2, 0) is 19.0 Å². The Morgan fingerprint density at radius 1 is 1.33 bits per heavy atom. The molecule has 2 rings (SSSR count). The predicted octanol–water partition coefficient (Wildman–Crippen LogP) is 0.191. The van der Waals surface area contributed by atoms with E-state index < -0.39 is 37.0 Å². The molecule has 156 valence electrons. The van der Waals surface area contributed by atoms with Crippen LogP contribution in [0.15, 0.2) is 0 Å². The highest BCUT2D eigenvalue weighted by molar-refractivity contribution is 5.88. The summed E-state index contributed by atoms with van der Waals surface area (Å²) in [5.41, 5.74) is 0. The molecule has 2 aliphatic heterocycles. The normalized spacial score (nSPS) is 33.0. The number of piperidine rings is 1. The van der Waals surface area contributed by atoms with Crippen LogP contribution in [0.25, 0.3) is 0 Å². The van der Waals surface area contributed by atoms with Crippen molar-refractivity contribution in [3.8, 4) is 0 Å². The summed E-state index contributed by atoms with van der Waals surface area (Å²) in [5.74, 6) is -0.832. The van der Waals surface area contributed by atoms with Gasteiger partial charge >= 0.3 is 6.09 Å². The van der Waals surface area contributed by atoms with E-state index in [4.69, 9.17) is 19.3 Å². The van der Waals surface area contributed by atoms with E-state index >= 15 is 0 Å². The zero-order valence-corrected chi connectivity index (χ0v) is 16.0. The molecule has 27 heavy (non-hydrogen) atoms. The molecule has 3 N–H and O–H groups in total. The van der Waals surface area contributed by atoms with Gasteiger partial charge in [-0.15, -0.1) is 0 Å². The number of amides is 1. The zero-order valence-electron chi connectivity index (χ0n) is 16.0. The van der Waals surface area contributed by atoms with E-state index in [0.717, 1.165) is 25.7 Å². The van der Waals surface area contributed by atoms with Gasteiger partial charge in [0.15, 0.2) is 18.2 Å². The Balaban J connectivity index is 1.86. The molecule has 0 aliphatic carbocycles. The predicted molar refractivity (Wildman–Crippen MR) is 93.9 cm³/mol. The fourth-order valence-corrected chi connectivity index (χ4v) is 3.27. The van der Waals surface area contributed by atoms with E-state index in [-0.39, 0.29) is 24.8 Å². The Morgan fingerprint density at radius 3 is 2.74 bits per heavy atom. The summed E-state index contributed by atoms with van der Waals surface area (Å²) in [5, 5.41) is 28.7. The van der Waals surface area contributed by atoms with Gasteiger partial charge in [-0.25, -0.2) is 4.79 Å². The highest BCUT2D eigenvalue weighted by Gasteiger charge is 2.43. The quantitative estimate of drug-likeness (QED) is 0.563. The van der Waals surface area contributed by atoms with Crippen molar-refractivity contribution in [1.82, 2.24) is 4.90 Å². The Bertz CT molecular complexity index is 502. The summed E-state index contributed by atoms with van der Waals surface area (Å²) in [6, 6.07) is -0.0500. The lowest BCUT2D eigenvalue weighted by Crippen LogP contribution is -2.56. The van der Waals surface area contributed by atoms with Crippen molar-refractivity contribution in [2.24, 2.45) is 0 Å². The molecule has 1 amide bonds. The summed E-state index contributed by atoms with van der Waals surface area (Å²) in [6.07, 6.45) is -2.04. The van der Waals surface area contributed by atoms with Crippen LogP contribution in [0.5, 0.6) is 0 Å². The second kappa shape index (κ2) is 10.3. The maximum atomic E-state index is 12.4. The number of carbonyl (C=O) groups is 2. The number of ether oxygens (including phenoxy) is 3. The number of likely N-dealkylation sites (tertiary alicyclic amines) is 1. The van der Waals surface area contributed by atoms with E-state index in [1.54, 1.807) is 4.90 Å². The molecule has 2 fully saturated rings. The second-order valence-electron chi connectivity index (χ2n) is 7.12. The van der Waals surface area contributed by atoms with E-state index in [2.05, 4.69) is 0 Å². The van der Waals surface area contributed by atoms with Gasteiger partial charge in [0.25, 0.3) is 0 Å². The maximum Gasteiger partial charge on any atom is 0.410 e. The van der Waals surface area contributed by atoms with Gasteiger partial charge in [0, 0.05) is 12.6 Å². The molecule has 2 heterocycles. The monoisotopic (exact) mass is 389 g/mol. The highest BCUT2D eigenvalue weighted by Crippen LogP contribution is 2.23. The molecule has 0 aromatic carbocycles. The molecule has 0 saturated carbocycles. The molecular weight excluding hydrogens is 358 g/mol. The Labute approximate surface area is 159 Å². The third kappa shape index (κ3) is 5.61. The van der Waals surface area contributed by atoms with Crippen molar-refractivity contribution in [1.29, 1.82) is 0 Å². The number of Topliss-reactive ketones (excluding diaryl/α,β-unsaturated/α-hetero) is 1. The number of ketones is 1. The first kappa shape index (κ1) is 22.0. The largest absolute Gasteiger partial charge is 0.446 e. The molecule has 0 aromatic rings. The lowest BCUT2D eigenvalue weighted by atomic mass is 10.00. The van der Waals surface area contributed by atoms with Crippen LogP contribution in [0.4, 0.5) is 4.79 Å². The van der Waals surface area contributed by atoms with Crippen LogP contribution < -0.4 is 0 Å². The molecule has 2 unspecified atom stereocenters. The average molecular weight is 389 g/mol. The van der Waals surface area contributed by atoms with Gasteiger partial charge < -0.3 is 34.4 Å². The van der Waals surface area contributed by atoms with Crippen molar-refractivity contribution >= 4 is 11.9 Å². The maximum absolute atomic E-state index is 12.4. The van der Waals surface area contributed by atoms with Gasteiger partial charge in [0.05, 0.1) is 13.2 Å². The smallest absolute Gasteiger partial charge is 0.410 e. The molecular formula is C18H31NO8. The van der Waals surface area contributed by atoms with Crippen LogP contribution in [-0.4, -0.2) is 88.6 Å². The second-order valence-corrected chi connectivity index (χ2v) is 7.12. The van der Waals surface area contributed by atoms with E-state index in [1.807, 2.05) is 13.8 Å². The topological polar surface area (TPSA) is 126 Å². The van der Waals surface area contributed by atoms with Crippen molar-refractivity contribution in [3.63, 3.8) is 0 Å². The van der Waals surface area contributed by atoms with Gasteiger partial charge in [-0.1, -0.05) is 6.92 Å². The Kier molecular flexibility index (Phi) is 8.43. The summed E-state index contributed by atoms with van der Waals surface area (Å²) in [7, 11) is 0. The molecule has 9 nitrogen and oxygen atoms in total.